The standard InChI is InChI=1S/C10H20O4/c11-6-8(13)10(9(14)7-12)4-2-1-3-5-10/h8-9,11-14H,1-7H2. The van der Waals surface area contributed by atoms with Crippen molar-refractivity contribution in [1.82, 2.24) is 0 Å². The van der Waals surface area contributed by atoms with Crippen LogP contribution < -0.4 is 0 Å². The first kappa shape index (κ1) is 11.9. The molecule has 84 valence electrons. The summed E-state index contributed by atoms with van der Waals surface area (Å²) >= 11 is 0. The van der Waals surface area contributed by atoms with Crippen LogP contribution in [0.5, 0.6) is 0 Å². The van der Waals surface area contributed by atoms with Crippen molar-refractivity contribution in [3.05, 3.63) is 0 Å². The van der Waals surface area contributed by atoms with Gasteiger partial charge in [-0.05, 0) is 12.8 Å². The van der Waals surface area contributed by atoms with Gasteiger partial charge in [0.25, 0.3) is 0 Å². The second-order valence-corrected chi connectivity index (χ2v) is 4.19. The van der Waals surface area contributed by atoms with Crippen molar-refractivity contribution in [2.24, 2.45) is 5.41 Å². The lowest BCUT2D eigenvalue weighted by Gasteiger charge is -2.43. The Hall–Kier alpha value is -0.160. The first-order chi connectivity index (χ1) is 6.67. The fourth-order valence-electron chi connectivity index (χ4n) is 2.46. The monoisotopic (exact) mass is 204 g/mol. The van der Waals surface area contributed by atoms with Gasteiger partial charge >= 0.3 is 0 Å². The number of aliphatic hydroxyl groups is 4. The SMILES string of the molecule is OCC(O)C1(C(O)CO)CCCCC1. The summed E-state index contributed by atoms with van der Waals surface area (Å²) < 4.78 is 0. The Morgan fingerprint density at radius 2 is 1.29 bits per heavy atom. The first-order valence-electron chi connectivity index (χ1n) is 5.25. The van der Waals surface area contributed by atoms with E-state index in [0.29, 0.717) is 12.8 Å². The average molecular weight is 204 g/mol. The van der Waals surface area contributed by atoms with Crippen LogP contribution in [0.15, 0.2) is 0 Å². The van der Waals surface area contributed by atoms with Crippen LogP contribution in [0.25, 0.3) is 0 Å². The van der Waals surface area contributed by atoms with Gasteiger partial charge in [-0.25, -0.2) is 0 Å². The van der Waals surface area contributed by atoms with E-state index in [0.717, 1.165) is 19.3 Å². The van der Waals surface area contributed by atoms with Gasteiger partial charge in [0.05, 0.1) is 25.4 Å². The largest absolute Gasteiger partial charge is 0.394 e. The first-order valence-corrected chi connectivity index (χ1v) is 5.25. The fourth-order valence-corrected chi connectivity index (χ4v) is 2.46. The Labute approximate surface area is 84.2 Å². The molecule has 1 aliphatic carbocycles. The molecule has 1 fully saturated rings. The van der Waals surface area contributed by atoms with Gasteiger partial charge in [-0.3, -0.25) is 0 Å². The molecule has 2 atom stereocenters. The Bertz CT molecular complexity index is 154. The number of aliphatic hydroxyl groups excluding tert-OH is 4. The highest BCUT2D eigenvalue weighted by Crippen LogP contribution is 2.42. The molecule has 0 amide bonds. The lowest BCUT2D eigenvalue weighted by molar-refractivity contribution is -0.123. The minimum Gasteiger partial charge on any atom is -0.394 e. The van der Waals surface area contributed by atoms with Gasteiger partial charge in [-0.1, -0.05) is 19.3 Å². The molecule has 1 rings (SSSR count). The Morgan fingerprint density at radius 3 is 1.64 bits per heavy atom. The van der Waals surface area contributed by atoms with Crippen molar-refractivity contribution in [3.63, 3.8) is 0 Å². The second kappa shape index (κ2) is 5.07. The molecule has 2 unspecified atom stereocenters. The summed E-state index contributed by atoms with van der Waals surface area (Å²) in [6.07, 6.45) is 2.47. The van der Waals surface area contributed by atoms with E-state index in [4.69, 9.17) is 10.2 Å². The van der Waals surface area contributed by atoms with E-state index in [1.54, 1.807) is 0 Å². The molecular weight excluding hydrogens is 184 g/mol. The summed E-state index contributed by atoms with van der Waals surface area (Å²) in [6, 6.07) is 0. The third-order valence-corrected chi connectivity index (χ3v) is 3.46. The minimum absolute atomic E-state index is 0.350. The molecule has 0 spiro atoms. The van der Waals surface area contributed by atoms with Crippen molar-refractivity contribution in [2.45, 2.75) is 44.3 Å². The summed E-state index contributed by atoms with van der Waals surface area (Å²) in [4.78, 5) is 0. The van der Waals surface area contributed by atoms with Crippen molar-refractivity contribution < 1.29 is 20.4 Å². The minimum atomic E-state index is -0.926. The van der Waals surface area contributed by atoms with Gasteiger partial charge in [0, 0.05) is 5.41 Å². The van der Waals surface area contributed by atoms with Crippen LogP contribution in [-0.2, 0) is 0 Å². The van der Waals surface area contributed by atoms with Crippen LogP contribution >= 0.6 is 0 Å². The topological polar surface area (TPSA) is 80.9 Å². The van der Waals surface area contributed by atoms with Crippen molar-refractivity contribution in [3.8, 4) is 0 Å². The van der Waals surface area contributed by atoms with Crippen LogP contribution in [0, 0.1) is 5.41 Å². The molecule has 14 heavy (non-hydrogen) atoms. The van der Waals surface area contributed by atoms with Gasteiger partial charge in [-0.2, -0.15) is 0 Å². The highest BCUT2D eigenvalue weighted by Gasteiger charge is 2.44. The molecule has 0 saturated heterocycles. The van der Waals surface area contributed by atoms with E-state index >= 15 is 0 Å². The third-order valence-electron chi connectivity index (χ3n) is 3.46. The molecule has 1 saturated carbocycles. The van der Waals surface area contributed by atoms with E-state index in [9.17, 15) is 10.2 Å². The Kier molecular flexibility index (Phi) is 4.31. The molecule has 0 aromatic heterocycles. The maximum absolute atomic E-state index is 9.71. The predicted molar refractivity (Wildman–Crippen MR) is 51.7 cm³/mol. The normalized spacial score (nSPS) is 25.7. The van der Waals surface area contributed by atoms with E-state index in [1.807, 2.05) is 0 Å². The number of rotatable bonds is 4. The zero-order valence-corrected chi connectivity index (χ0v) is 8.39. The smallest absolute Gasteiger partial charge is 0.0852 e. The lowest BCUT2D eigenvalue weighted by atomic mass is 9.67. The van der Waals surface area contributed by atoms with Crippen LogP contribution in [0.3, 0.4) is 0 Å². The molecule has 4 heteroatoms. The molecule has 4 nitrogen and oxygen atoms in total. The molecule has 0 bridgehead atoms. The summed E-state index contributed by atoms with van der Waals surface area (Å²) in [5, 5.41) is 37.3. The maximum Gasteiger partial charge on any atom is 0.0852 e. The molecule has 0 radical (unpaired) electrons. The third kappa shape index (κ3) is 2.08. The summed E-state index contributed by atoms with van der Waals surface area (Å²) in [6.45, 7) is -0.700. The summed E-state index contributed by atoms with van der Waals surface area (Å²) in [5.41, 5.74) is -0.693. The molecule has 0 aliphatic heterocycles. The van der Waals surface area contributed by atoms with Crippen molar-refractivity contribution >= 4 is 0 Å². The van der Waals surface area contributed by atoms with Gasteiger partial charge in [0.1, 0.15) is 0 Å². The average Bonchev–Trinajstić information content (AvgIpc) is 2.27. The fraction of sp³-hybridized carbons (Fsp3) is 1.00. The van der Waals surface area contributed by atoms with Crippen LogP contribution in [-0.4, -0.2) is 45.8 Å². The number of hydrogen-bond donors (Lipinski definition) is 4. The lowest BCUT2D eigenvalue weighted by Crippen LogP contribution is -2.49. The van der Waals surface area contributed by atoms with Gasteiger partial charge < -0.3 is 20.4 Å². The second-order valence-electron chi connectivity index (χ2n) is 4.19. The van der Waals surface area contributed by atoms with Crippen LogP contribution in [0.2, 0.25) is 0 Å². The van der Waals surface area contributed by atoms with E-state index in [1.165, 1.54) is 0 Å². The van der Waals surface area contributed by atoms with Gasteiger partial charge in [0.15, 0.2) is 0 Å². The van der Waals surface area contributed by atoms with Gasteiger partial charge in [-0.15, -0.1) is 0 Å². The van der Waals surface area contributed by atoms with Crippen LogP contribution in [0.1, 0.15) is 32.1 Å². The van der Waals surface area contributed by atoms with Crippen molar-refractivity contribution in [1.29, 1.82) is 0 Å². The quantitative estimate of drug-likeness (QED) is 0.504. The predicted octanol–water partition coefficient (Wildman–Crippen LogP) is -0.357. The Morgan fingerprint density at radius 1 is 0.857 bits per heavy atom. The molecule has 4 N–H and O–H groups in total. The van der Waals surface area contributed by atoms with E-state index < -0.39 is 17.6 Å². The molecule has 1 aliphatic rings. The highest BCUT2D eigenvalue weighted by atomic mass is 16.3. The van der Waals surface area contributed by atoms with Gasteiger partial charge in [0.2, 0.25) is 0 Å². The van der Waals surface area contributed by atoms with E-state index in [-0.39, 0.29) is 13.2 Å². The zero-order valence-electron chi connectivity index (χ0n) is 8.39. The van der Waals surface area contributed by atoms with Crippen molar-refractivity contribution in [2.75, 3.05) is 13.2 Å². The van der Waals surface area contributed by atoms with E-state index in [2.05, 4.69) is 0 Å². The zero-order chi connectivity index (χ0) is 10.6. The maximum atomic E-state index is 9.71. The molecule has 0 heterocycles. The summed E-state index contributed by atoms with van der Waals surface area (Å²) in [5.74, 6) is 0. The molecule has 0 aromatic rings. The molecular formula is C10H20O4. The Balaban J connectivity index is 2.76. The summed E-state index contributed by atoms with van der Waals surface area (Å²) in [7, 11) is 0. The number of hydrogen-bond acceptors (Lipinski definition) is 4. The highest BCUT2D eigenvalue weighted by molar-refractivity contribution is 4.94. The molecule has 0 aromatic carbocycles. The van der Waals surface area contributed by atoms with Crippen LogP contribution in [0.4, 0.5) is 0 Å².